The Morgan fingerprint density at radius 2 is 1.62 bits per heavy atom. The molecular formula is C15H20N2O4. The second kappa shape index (κ2) is 5.95. The Balaban J connectivity index is 2.65. The monoisotopic (exact) mass is 292 g/mol. The van der Waals surface area contributed by atoms with E-state index in [1.807, 2.05) is 26.0 Å². The van der Waals surface area contributed by atoms with Crippen LogP contribution in [0.15, 0.2) is 16.7 Å². The van der Waals surface area contributed by atoms with Gasteiger partial charge in [0.2, 0.25) is 5.75 Å². The van der Waals surface area contributed by atoms with E-state index in [4.69, 9.17) is 24.5 Å². The maximum Gasteiger partial charge on any atom is 0.203 e. The first kappa shape index (κ1) is 15.0. The van der Waals surface area contributed by atoms with Crippen molar-refractivity contribution < 1.29 is 18.7 Å². The van der Waals surface area contributed by atoms with Crippen LogP contribution in [-0.2, 0) is 0 Å². The third-order valence-electron chi connectivity index (χ3n) is 3.26. The van der Waals surface area contributed by atoms with Crippen molar-refractivity contribution in [2.24, 2.45) is 0 Å². The van der Waals surface area contributed by atoms with Crippen LogP contribution < -0.4 is 19.9 Å². The van der Waals surface area contributed by atoms with Crippen LogP contribution in [0, 0.1) is 0 Å². The molecule has 0 saturated carbocycles. The van der Waals surface area contributed by atoms with E-state index in [9.17, 15) is 0 Å². The lowest BCUT2D eigenvalue weighted by Gasteiger charge is -2.14. The van der Waals surface area contributed by atoms with E-state index in [2.05, 4.69) is 5.16 Å². The average molecular weight is 292 g/mol. The number of aromatic nitrogens is 1. The van der Waals surface area contributed by atoms with Gasteiger partial charge in [-0.25, -0.2) is 0 Å². The van der Waals surface area contributed by atoms with Gasteiger partial charge in [-0.15, -0.1) is 0 Å². The van der Waals surface area contributed by atoms with Crippen LogP contribution in [0.25, 0.3) is 11.3 Å². The zero-order valence-electron chi connectivity index (χ0n) is 12.9. The molecule has 0 bridgehead atoms. The summed E-state index contributed by atoms with van der Waals surface area (Å²) in [4.78, 5) is 0. The SMILES string of the molecule is COc1cc(-c2onc(N)c2C(C)C)cc(OC)c1OC. The maximum absolute atomic E-state index is 5.88. The molecule has 2 aromatic rings. The molecule has 0 unspecified atom stereocenters. The van der Waals surface area contributed by atoms with Crippen molar-refractivity contribution in [1.29, 1.82) is 0 Å². The lowest BCUT2D eigenvalue weighted by Crippen LogP contribution is -1.98. The number of hydrogen-bond donors (Lipinski definition) is 1. The van der Waals surface area contributed by atoms with E-state index in [0.717, 1.165) is 11.1 Å². The Labute approximate surface area is 123 Å². The van der Waals surface area contributed by atoms with Crippen LogP contribution in [0.2, 0.25) is 0 Å². The fourth-order valence-corrected chi connectivity index (χ4v) is 2.29. The summed E-state index contributed by atoms with van der Waals surface area (Å²) < 4.78 is 21.4. The van der Waals surface area contributed by atoms with Gasteiger partial charge in [-0.1, -0.05) is 19.0 Å². The van der Waals surface area contributed by atoms with Crippen molar-refractivity contribution in [2.45, 2.75) is 19.8 Å². The molecule has 6 heteroatoms. The molecule has 21 heavy (non-hydrogen) atoms. The summed E-state index contributed by atoms with van der Waals surface area (Å²) in [5, 5.41) is 3.86. The van der Waals surface area contributed by atoms with Crippen molar-refractivity contribution in [3.8, 4) is 28.6 Å². The lowest BCUT2D eigenvalue weighted by atomic mass is 9.99. The zero-order valence-corrected chi connectivity index (χ0v) is 12.9. The fraction of sp³-hybridized carbons (Fsp3) is 0.400. The van der Waals surface area contributed by atoms with Crippen LogP contribution in [0.3, 0.4) is 0 Å². The van der Waals surface area contributed by atoms with Gasteiger partial charge in [0.15, 0.2) is 23.1 Å². The summed E-state index contributed by atoms with van der Waals surface area (Å²) >= 11 is 0. The average Bonchev–Trinajstić information content (AvgIpc) is 2.87. The molecular weight excluding hydrogens is 272 g/mol. The molecule has 0 amide bonds. The summed E-state index contributed by atoms with van der Waals surface area (Å²) in [5.74, 6) is 2.83. The molecule has 0 atom stereocenters. The number of nitrogens with zero attached hydrogens (tertiary/aromatic N) is 1. The Morgan fingerprint density at radius 3 is 2.05 bits per heavy atom. The van der Waals surface area contributed by atoms with Crippen LogP contribution >= 0.6 is 0 Å². The predicted molar refractivity (Wildman–Crippen MR) is 80.1 cm³/mol. The minimum atomic E-state index is 0.186. The Bertz CT molecular complexity index is 610. The molecule has 2 N–H and O–H groups in total. The first-order chi connectivity index (χ1) is 10.0. The van der Waals surface area contributed by atoms with Gasteiger partial charge < -0.3 is 24.5 Å². The van der Waals surface area contributed by atoms with Gasteiger partial charge >= 0.3 is 0 Å². The van der Waals surface area contributed by atoms with Crippen LogP contribution in [0.5, 0.6) is 17.2 Å². The molecule has 0 radical (unpaired) electrons. The third kappa shape index (κ3) is 2.61. The molecule has 0 spiro atoms. The zero-order chi connectivity index (χ0) is 15.6. The normalized spacial score (nSPS) is 10.8. The first-order valence-corrected chi connectivity index (χ1v) is 6.58. The highest BCUT2D eigenvalue weighted by Crippen LogP contribution is 2.43. The number of hydrogen-bond acceptors (Lipinski definition) is 6. The molecule has 1 aromatic heterocycles. The molecule has 0 saturated heterocycles. The van der Waals surface area contributed by atoms with Gasteiger partial charge in [0, 0.05) is 11.1 Å². The molecule has 1 heterocycles. The molecule has 114 valence electrons. The van der Waals surface area contributed by atoms with Crippen molar-refractivity contribution in [2.75, 3.05) is 27.1 Å². The standard InChI is InChI=1S/C15H20N2O4/c1-8(2)12-13(21-17-15(12)16)9-6-10(18-3)14(20-5)11(7-9)19-4/h6-8H,1-5H3,(H2,16,17). The molecule has 0 aliphatic rings. The van der Waals surface area contributed by atoms with Gasteiger partial charge in [-0.2, -0.15) is 0 Å². The number of ether oxygens (including phenoxy) is 3. The summed E-state index contributed by atoms with van der Waals surface area (Å²) in [6.07, 6.45) is 0. The van der Waals surface area contributed by atoms with Gasteiger partial charge in [0.25, 0.3) is 0 Å². The van der Waals surface area contributed by atoms with Gasteiger partial charge in [0.05, 0.1) is 21.3 Å². The topological polar surface area (TPSA) is 79.7 Å². The van der Waals surface area contributed by atoms with E-state index in [1.165, 1.54) is 0 Å². The summed E-state index contributed by atoms with van der Waals surface area (Å²) in [5.41, 5.74) is 7.53. The second-order valence-corrected chi connectivity index (χ2v) is 4.88. The second-order valence-electron chi connectivity index (χ2n) is 4.88. The van der Waals surface area contributed by atoms with Crippen molar-refractivity contribution in [3.05, 3.63) is 17.7 Å². The largest absolute Gasteiger partial charge is 0.493 e. The van der Waals surface area contributed by atoms with E-state index < -0.39 is 0 Å². The lowest BCUT2D eigenvalue weighted by molar-refractivity contribution is 0.324. The predicted octanol–water partition coefficient (Wildman–Crippen LogP) is 3.07. The summed E-state index contributed by atoms with van der Waals surface area (Å²) in [6.45, 7) is 4.06. The van der Waals surface area contributed by atoms with E-state index >= 15 is 0 Å². The van der Waals surface area contributed by atoms with E-state index in [1.54, 1.807) is 21.3 Å². The maximum atomic E-state index is 5.88. The molecule has 1 aromatic carbocycles. The van der Waals surface area contributed by atoms with Crippen molar-refractivity contribution >= 4 is 5.82 Å². The Kier molecular flexibility index (Phi) is 4.26. The Hall–Kier alpha value is -2.37. The Morgan fingerprint density at radius 1 is 1.05 bits per heavy atom. The number of benzene rings is 1. The summed E-state index contributed by atoms with van der Waals surface area (Å²) in [6, 6.07) is 3.63. The number of rotatable bonds is 5. The van der Waals surface area contributed by atoms with E-state index in [-0.39, 0.29) is 5.92 Å². The summed E-state index contributed by atoms with van der Waals surface area (Å²) in [7, 11) is 4.70. The first-order valence-electron chi connectivity index (χ1n) is 6.58. The highest BCUT2D eigenvalue weighted by atomic mass is 16.5. The van der Waals surface area contributed by atoms with Gasteiger partial charge in [0.1, 0.15) is 0 Å². The minimum Gasteiger partial charge on any atom is -0.493 e. The molecule has 6 nitrogen and oxygen atoms in total. The number of methoxy groups -OCH3 is 3. The van der Waals surface area contributed by atoms with Crippen LogP contribution in [0.1, 0.15) is 25.3 Å². The highest BCUT2D eigenvalue weighted by Gasteiger charge is 2.22. The number of nitrogens with two attached hydrogens (primary N) is 1. The smallest absolute Gasteiger partial charge is 0.203 e. The van der Waals surface area contributed by atoms with Crippen molar-refractivity contribution in [3.63, 3.8) is 0 Å². The van der Waals surface area contributed by atoms with Crippen LogP contribution in [0.4, 0.5) is 5.82 Å². The van der Waals surface area contributed by atoms with Gasteiger partial charge in [-0.05, 0) is 18.1 Å². The quantitative estimate of drug-likeness (QED) is 0.912. The molecule has 0 aliphatic heterocycles. The third-order valence-corrected chi connectivity index (χ3v) is 3.26. The molecule has 0 fully saturated rings. The van der Waals surface area contributed by atoms with Crippen LogP contribution in [-0.4, -0.2) is 26.5 Å². The number of nitrogen functional groups attached to an aromatic ring is 1. The van der Waals surface area contributed by atoms with E-state index in [0.29, 0.717) is 28.8 Å². The molecule has 2 rings (SSSR count). The minimum absolute atomic E-state index is 0.186. The number of anilines is 1. The fourth-order valence-electron chi connectivity index (χ4n) is 2.29. The highest BCUT2D eigenvalue weighted by molar-refractivity contribution is 5.72. The van der Waals surface area contributed by atoms with Gasteiger partial charge in [-0.3, -0.25) is 0 Å². The molecule has 0 aliphatic carbocycles. The van der Waals surface area contributed by atoms with Crippen molar-refractivity contribution in [1.82, 2.24) is 5.16 Å².